The number of nitrogens with zero attached hydrogens (tertiary/aromatic N) is 2. The number of aryl methyl sites for hydroxylation is 1. The normalized spacial score (nSPS) is 10.3. The molecule has 0 aliphatic rings. The molecule has 0 fully saturated rings. The zero-order valence-corrected chi connectivity index (χ0v) is 10.6. The predicted molar refractivity (Wildman–Crippen MR) is 68.6 cm³/mol. The Morgan fingerprint density at radius 3 is 2.71 bits per heavy atom. The van der Waals surface area contributed by atoms with E-state index >= 15 is 0 Å². The zero-order chi connectivity index (χ0) is 12.4. The molecule has 17 heavy (non-hydrogen) atoms. The van der Waals surface area contributed by atoms with Gasteiger partial charge in [-0.3, -0.25) is 0 Å². The molecule has 1 aromatic carbocycles. The van der Waals surface area contributed by atoms with E-state index in [1.807, 2.05) is 0 Å². The molecule has 0 radical (unpaired) electrons. The Hall–Kier alpha value is -1.69. The highest BCUT2D eigenvalue weighted by molar-refractivity contribution is 9.10. The van der Waals surface area contributed by atoms with E-state index in [1.165, 1.54) is 6.07 Å². The van der Waals surface area contributed by atoms with E-state index in [2.05, 4.69) is 31.2 Å². The molecule has 0 bridgehead atoms. The molecule has 0 atom stereocenters. The van der Waals surface area contributed by atoms with Crippen LogP contribution >= 0.6 is 15.9 Å². The quantitative estimate of drug-likeness (QED) is 0.894. The summed E-state index contributed by atoms with van der Waals surface area (Å²) in [5.74, 6) is 1.13. The molecule has 0 aliphatic carbocycles. The molecule has 0 spiro atoms. The summed E-state index contributed by atoms with van der Waals surface area (Å²) < 4.78 is 13.7. The summed E-state index contributed by atoms with van der Waals surface area (Å²) >= 11 is 3.09. The van der Waals surface area contributed by atoms with Gasteiger partial charge >= 0.3 is 0 Å². The van der Waals surface area contributed by atoms with Crippen LogP contribution in [0.2, 0.25) is 0 Å². The van der Waals surface area contributed by atoms with Crippen LogP contribution in [0.3, 0.4) is 0 Å². The highest BCUT2D eigenvalue weighted by Gasteiger charge is 2.03. The lowest BCUT2D eigenvalue weighted by Crippen LogP contribution is -2.00. The lowest BCUT2D eigenvalue weighted by molar-refractivity contribution is 0.622. The third-order valence-corrected chi connectivity index (χ3v) is 2.69. The number of hydrogen-bond donors (Lipinski definition) is 2. The summed E-state index contributed by atoms with van der Waals surface area (Å²) in [6.07, 6.45) is 0. The van der Waals surface area contributed by atoms with Crippen LogP contribution in [0.4, 0.5) is 21.7 Å². The van der Waals surface area contributed by atoms with Gasteiger partial charge in [0.05, 0.1) is 4.47 Å². The molecule has 0 amide bonds. The predicted octanol–water partition coefficient (Wildman–Crippen LogP) is 3.01. The van der Waals surface area contributed by atoms with Crippen molar-refractivity contribution in [1.82, 2.24) is 9.97 Å². The van der Waals surface area contributed by atoms with Crippen LogP contribution in [0.15, 0.2) is 28.7 Å². The summed E-state index contributed by atoms with van der Waals surface area (Å²) in [7, 11) is 0. The molecule has 0 saturated heterocycles. The Bertz CT molecular complexity index is 539. The lowest BCUT2D eigenvalue weighted by atomic mass is 10.3. The molecule has 1 heterocycles. The maximum atomic E-state index is 13.3. The van der Waals surface area contributed by atoms with Crippen molar-refractivity contribution >= 4 is 33.3 Å². The molecule has 88 valence electrons. The van der Waals surface area contributed by atoms with Gasteiger partial charge in [0.1, 0.15) is 23.3 Å². The van der Waals surface area contributed by atoms with Gasteiger partial charge < -0.3 is 11.1 Å². The topological polar surface area (TPSA) is 63.8 Å². The molecule has 0 saturated carbocycles. The van der Waals surface area contributed by atoms with Crippen LogP contribution in [0.5, 0.6) is 0 Å². The maximum absolute atomic E-state index is 13.3. The minimum Gasteiger partial charge on any atom is -0.384 e. The van der Waals surface area contributed by atoms with E-state index in [0.717, 1.165) is 0 Å². The Labute approximate surface area is 106 Å². The summed E-state index contributed by atoms with van der Waals surface area (Å²) in [5, 5.41) is 2.96. The summed E-state index contributed by atoms with van der Waals surface area (Å²) in [5.41, 5.74) is 6.19. The van der Waals surface area contributed by atoms with Crippen LogP contribution in [-0.4, -0.2) is 9.97 Å². The minimum atomic E-state index is -0.339. The van der Waals surface area contributed by atoms with Gasteiger partial charge in [0, 0.05) is 11.8 Å². The van der Waals surface area contributed by atoms with E-state index in [9.17, 15) is 4.39 Å². The van der Waals surface area contributed by atoms with Gasteiger partial charge in [-0.25, -0.2) is 14.4 Å². The SMILES string of the molecule is Cc1nc(N)cc(Nc2ccc(Br)c(F)c2)n1. The van der Waals surface area contributed by atoms with Crippen LogP contribution in [-0.2, 0) is 0 Å². The lowest BCUT2D eigenvalue weighted by Gasteiger charge is -2.07. The van der Waals surface area contributed by atoms with Crippen molar-refractivity contribution in [3.05, 3.63) is 40.4 Å². The first-order chi connectivity index (χ1) is 8.04. The first kappa shape index (κ1) is 11.8. The average molecular weight is 297 g/mol. The number of hydrogen-bond acceptors (Lipinski definition) is 4. The third kappa shape index (κ3) is 2.91. The summed E-state index contributed by atoms with van der Waals surface area (Å²) in [6.45, 7) is 1.74. The number of aromatic nitrogens is 2. The first-order valence-corrected chi connectivity index (χ1v) is 5.67. The van der Waals surface area contributed by atoms with E-state index < -0.39 is 0 Å². The molecule has 0 unspecified atom stereocenters. The Morgan fingerprint density at radius 2 is 2.06 bits per heavy atom. The Balaban J connectivity index is 2.28. The molecule has 3 N–H and O–H groups in total. The van der Waals surface area contributed by atoms with Crippen molar-refractivity contribution in [1.29, 1.82) is 0 Å². The monoisotopic (exact) mass is 296 g/mol. The van der Waals surface area contributed by atoms with Crippen LogP contribution in [0.25, 0.3) is 0 Å². The molecule has 0 aliphatic heterocycles. The molecular weight excluding hydrogens is 287 g/mol. The van der Waals surface area contributed by atoms with E-state index in [1.54, 1.807) is 25.1 Å². The van der Waals surface area contributed by atoms with E-state index in [0.29, 0.717) is 27.6 Å². The van der Waals surface area contributed by atoms with Gasteiger partial charge in [0.2, 0.25) is 0 Å². The second-order valence-electron chi connectivity index (χ2n) is 3.48. The van der Waals surface area contributed by atoms with Crippen molar-refractivity contribution in [2.24, 2.45) is 0 Å². The number of benzene rings is 1. The number of halogens is 2. The second-order valence-corrected chi connectivity index (χ2v) is 4.33. The largest absolute Gasteiger partial charge is 0.384 e. The van der Waals surface area contributed by atoms with Gasteiger partial charge in [0.15, 0.2) is 0 Å². The number of nitrogens with two attached hydrogens (primary N) is 1. The van der Waals surface area contributed by atoms with Gasteiger partial charge in [-0.05, 0) is 41.1 Å². The fraction of sp³-hybridized carbons (Fsp3) is 0.0909. The smallest absolute Gasteiger partial charge is 0.139 e. The second kappa shape index (κ2) is 4.67. The third-order valence-electron chi connectivity index (χ3n) is 2.05. The van der Waals surface area contributed by atoms with Gasteiger partial charge in [0.25, 0.3) is 0 Å². The fourth-order valence-corrected chi connectivity index (χ4v) is 1.62. The number of nitrogens with one attached hydrogen (secondary N) is 1. The van der Waals surface area contributed by atoms with Crippen LogP contribution in [0.1, 0.15) is 5.82 Å². The van der Waals surface area contributed by atoms with Gasteiger partial charge in [-0.2, -0.15) is 0 Å². The number of anilines is 3. The maximum Gasteiger partial charge on any atom is 0.139 e. The van der Waals surface area contributed by atoms with Gasteiger partial charge in [-0.1, -0.05) is 0 Å². The van der Waals surface area contributed by atoms with Crippen molar-refractivity contribution in [2.45, 2.75) is 6.92 Å². The Kier molecular flexibility index (Phi) is 3.23. The fourth-order valence-electron chi connectivity index (χ4n) is 1.38. The average Bonchev–Trinajstić information content (AvgIpc) is 2.22. The first-order valence-electron chi connectivity index (χ1n) is 4.88. The standard InChI is InChI=1S/C11H10BrFN4/c1-6-15-10(14)5-11(16-6)17-7-2-3-8(12)9(13)4-7/h2-5H,1H3,(H3,14,15,16,17). The summed E-state index contributed by atoms with van der Waals surface area (Å²) in [6, 6.07) is 6.32. The van der Waals surface area contributed by atoms with Crippen molar-refractivity contribution < 1.29 is 4.39 Å². The summed E-state index contributed by atoms with van der Waals surface area (Å²) in [4.78, 5) is 8.10. The van der Waals surface area contributed by atoms with Crippen molar-refractivity contribution in [3.63, 3.8) is 0 Å². The molecular formula is C11H10BrFN4. The van der Waals surface area contributed by atoms with Crippen molar-refractivity contribution in [2.75, 3.05) is 11.1 Å². The molecule has 2 rings (SSSR count). The molecule has 4 nitrogen and oxygen atoms in total. The molecule has 6 heteroatoms. The van der Waals surface area contributed by atoms with E-state index in [4.69, 9.17) is 5.73 Å². The number of nitrogen functional groups attached to an aromatic ring is 1. The van der Waals surface area contributed by atoms with Crippen molar-refractivity contribution in [3.8, 4) is 0 Å². The molecule has 2 aromatic rings. The van der Waals surface area contributed by atoms with E-state index in [-0.39, 0.29) is 5.82 Å². The highest BCUT2D eigenvalue weighted by atomic mass is 79.9. The molecule has 1 aromatic heterocycles. The minimum absolute atomic E-state index is 0.339. The van der Waals surface area contributed by atoms with Gasteiger partial charge in [-0.15, -0.1) is 0 Å². The van der Waals surface area contributed by atoms with Crippen LogP contribution < -0.4 is 11.1 Å². The zero-order valence-electron chi connectivity index (χ0n) is 9.04. The number of rotatable bonds is 2. The Morgan fingerprint density at radius 1 is 1.29 bits per heavy atom. The highest BCUT2D eigenvalue weighted by Crippen LogP contribution is 2.22. The van der Waals surface area contributed by atoms with Crippen LogP contribution in [0, 0.1) is 12.7 Å².